The van der Waals surface area contributed by atoms with Crippen LogP contribution in [-0.4, -0.2) is 29.6 Å². The molecule has 2 N–H and O–H groups in total. The molecule has 1 aliphatic heterocycles. The number of benzene rings is 2. The Balaban J connectivity index is 1.50. The Hall–Kier alpha value is -3.29. The number of anilines is 1. The molecule has 1 amide bonds. The highest BCUT2D eigenvalue weighted by molar-refractivity contribution is 5.95. The highest BCUT2D eigenvalue weighted by atomic mass is 16.6. The van der Waals surface area contributed by atoms with E-state index in [1.165, 1.54) is 6.07 Å². The smallest absolute Gasteiger partial charge is 0.293 e. The van der Waals surface area contributed by atoms with Gasteiger partial charge in [-0.2, -0.15) is 0 Å². The molecule has 8 heteroatoms. The first-order chi connectivity index (χ1) is 14.4. The summed E-state index contributed by atoms with van der Waals surface area (Å²) in [4.78, 5) is 23.6. The third kappa shape index (κ3) is 4.32. The molecule has 0 saturated heterocycles. The SMILES string of the molecule is CCOc1cc2c(cc1CNC(=O)c1ccc(NC3CC3)c([N+](=O)[O-])c1)O[C@@H](C)C2. The van der Waals surface area contributed by atoms with Crippen molar-refractivity contribution in [2.24, 2.45) is 0 Å². The van der Waals surface area contributed by atoms with E-state index < -0.39 is 4.92 Å². The van der Waals surface area contributed by atoms with Gasteiger partial charge >= 0.3 is 0 Å². The maximum Gasteiger partial charge on any atom is 0.293 e. The quantitative estimate of drug-likeness (QED) is 0.506. The lowest BCUT2D eigenvalue weighted by atomic mass is 10.1. The Labute approximate surface area is 174 Å². The molecule has 2 aliphatic rings. The van der Waals surface area contributed by atoms with Crippen molar-refractivity contribution in [1.29, 1.82) is 0 Å². The van der Waals surface area contributed by atoms with Crippen LogP contribution in [-0.2, 0) is 13.0 Å². The molecule has 1 saturated carbocycles. The number of nitrogens with zero attached hydrogens (tertiary/aromatic N) is 1. The Kier molecular flexibility index (Phi) is 5.48. The molecule has 1 heterocycles. The number of nitro groups is 1. The van der Waals surface area contributed by atoms with E-state index in [1.807, 2.05) is 26.0 Å². The van der Waals surface area contributed by atoms with Gasteiger partial charge in [0.15, 0.2) is 0 Å². The third-order valence-electron chi connectivity index (χ3n) is 5.21. The van der Waals surface area contributed by atoms with E-state index in [0.29, 0.717) is 18.0 Å². The number of nitro benzene ring substituents is 1. The van der Waals surface area contributed by atoms with E-state index in [1.54, 1.807) is 12.1 Å². The molecule has 0 radical (unpaired) electrons. The molecule has 2 aromatic carbocycles. The zero-order valence-corrected chi connectivity index (χ0v) is 17.1. The molecule has 1 atom stereocenters. The van der Waals surface area contributed by atoms with Gasteiger partial charge in [0.1, 0.15) is 23.3 Å². The summed E-state index contributed by atoms with van der Waals surface area (Å²) in [5.41, 5.74) is 2.49. The van der Waals surface area contributed by atoms with E-state index in [0.717, 1.165) is 36.1 Å². The zero-order chi connectivity index (χ0) is 21.3. The number of fused-ring (bicyclic) bond motifs is 1. The molecular weight excluding hydrogens is 386 g/mol. The molecule has 0 unspecified atom stereocenters. The van der Waals surface area contributed by atoms with Gasteiger partial charge in [-0.15, -0.1) is 0 Å². The summed E-state index contributed by atoms with van der Waals surface area (Å²) in [5.74, 6) is 1.14. The van der Waals surface area contributed by atoms with Crippen LogP contribution in [0.15, 0.2) is 30.3 Å². The third-order valence-corrected chi connectivity index (χ3v) is 5.21. The summed E-state index contributed by atoms with van der Waals surface area (Å²) in [7, 11) is 0. The van der Waals surface area contributed by atoms with Gasteiger partial charge in [-0.3, -0.25) is 14.9 Å². The molecule has 0 spiro atoms. The lowest BCUT2D eigenvalue weighted by molar-refractivity contribution is -0.384. The minimum absolute atomic E-state index is 0.0931. The average molecular weight is 411 g/mol. The Morgan fingerprint density at radius 1 is 1.30 bits per heavy atom. The van der Waals surface area contributed by atoms with Gasteiger partial charge in [0.25, 0.3) is 11.6 Å². The van der Waals surface area contributed by atoms with Crippen molar-refractivity contribution in [3.05, 3.63) is 57.1 Å². The van der Waals surface area contributed by atoms with Crippen LogP contribution in [0.4, 0.5) is 11.4 Å². The van der Waals surface area contributed by atoms with Crippen LogP contribution in [0.5, 0.6) is 11.5 Å². The van der Waals surface area contributed by atoms with Crippen LogP contribution < -0.4 is 20.1 Å². The monoisotopic (exact) mass is 411 g/mol. The van der Waals surface area contributed by atoms with Crippen molar-refractivity contribution in [1.82, 2.24) is 5.32 Å². The first kappa shape index (κ1) is 20.0. The molecule has 1 aliphatic carbocycles. The Bertz CT molecular complexity index is 987. The maximum atomic E-state index is 12.7. The number of carbonyl (C=O) groups is 1. The predicted molar refractivity (Wildman–Crippen MR) is 112 cm³/mol. The number of nitrogens with one attached hydrogen (secondary N) is 2. The maximum absolute atomic E-state index is 12.7. The zero-order valence-electron chi connectivity index (χ0n) is 17.1. The topological polar surface area (TPSA) is 103 Å². The standard InChI is InChI=1S/C22H25N3O5/c1-3-29-20-10-15-8-13(2)30-21(15)11-16(20)12-23-22(26)14-4-7-18(24-17-5-6-17)19(9-14)25(27)28/h4,7,9-11,13,17,24H,3,5-6,8,12H2,1-2H3,(H,23,26)/t13-/m0/s1. The molecule has 4 rings (SSSR count). The molecule has 0 aromatic heterocycles. The first-order valence-electron chi connectivity index (χ1n) is 10.2. The average Bonchev–Trinajstić information content (AvgIpc) is 3.45. The number of ether oxygens (including phenoxy) is 2. The van der Waals surface area contributed by atoms with Gasteiger partial charge in [-0.25, -0.2) is 0 Å². The van der Waals surface area contributed by atoms with Crippen molar-refractivity contribution < 1.29 is 19.2 Å². The van der Waals surface area contributed by atoms with Crippen molar-refractivity contribution in [2.45, 2.75) is 51.8 Å². The van der Waals surface area contributed by atoms with Crippen molar-refractivity contribution in [2.75, 3.05) is 11.9 Å². The number of hydrogen-bond donors (Lipinski definition) is 2. The number of amides is 1. The fraction of sp³-hybridized carbons (Fsp3) is 0.409. The fourth-order valence-electron chi connectivity index (χ4n) is 3.58. The molecule has 8 nitrogen and oxygen atoms in total. The highest BCUT2D eigenvalue weighted by Gasteiger charge is 2.26. The fourth-order valence-corrected chi connectivity index (χ4v) is 3.58. The summed E-state index contributed by atoms with van der Waals surface area (Å²) in [6.45, 7) is 4.66. The van der Waals surface area contributed by atoms with Gasteiger partial charge < -0.3 is 20.1 Å². The number of carbonyl (C=O) groups excluding carboxylic acids is 1. The highest BCUT2D eigenvalue weighted by Crippen LogP contribution is 2.35. The first-order valence-corrected chi connectivity index (χ1v) is 10.2. The second-order valence-corrected chi connectivity index (χ2v) is 7.72. The minimum Gasteiger partial charge on any atom is -0.494 e. The van der Waals surface area contributed by atoms with Crippen LogP contribution in [0, 0.1) is 10.1 Å². The number of rotatable bonds is 8. The summed E-state index contributed by atoms with van der Waals surface area (Å²) in [6.07, 6.45) is 2.95. The van der Waals surface area contributed by atoms with E-state index in [9.17, 15) is 14.9 Å². The molecule has 30 heavy (non-hydrogen) atoms. The molecular formula is C22H25N3O5. The van der Waals surface area contributed by atoms with Gasteiger partial charge in [0.05, 0.1) is 11.5 Å². The lowest BCUT2D eigenvalue weighted by Gasteiger charge is -2.14. The van der Waals surface area contributed by atoms with Crippen LogP contribution in [0.1, 0.15) is 48.2 Å². The van der Waals surface area contributed by atoms with Crippen molar-refractivity contribution >= 4 is 17.3 Å². The van der Waals surface area contributed by atoms with Crippen molar-refractivity contribution in [3.63, 3.8) is 0 Å². The van der Waals surface area contributed by atoms with Crippen LogP contribution >= 0.6 is 0 Å². The van der Waals surface area contributed by atoms with Crippen LogP contribution in [0.25, 0.3) is 0 Å². The lowest BCUT2D eigenvalue weighted by Crippen LogP contribution is -2.23. The second kappa shape index (κ2) is 8.22. The molecule has 158 valence electrons. The second-order valence-electron chi connectivity index (χ2n) is 7.72. The Morgan fingerprint density at radius 3 is 2.80 bits per heavy atom. The van der Waals surface area contributed by atoms with Crippen LogP contribution in [0.2, 0.25) is 0 Å². The normalized spacial score (nSPS) is 17.1. The van der Waals surface area contributed by atoms with Gasteiger partial charge in [0, 0.05) is 41.8 Å². The molecule has 2 aromatic rings. The largest absolute Gasteiger partial charge is 0.494 e. The van der Waals surface area contributed by atoms with E-state index in [2.05, 4.69) is 10.6 Å². The van der Waals surface area contributed by atoms with Gasteiger partial charge in [-0.05, 0) is 51.0 Å². The Morgan fingerprint density at radius 2 is 2.10 bits per heavy atom. The van der Waals surface area contributed by atoms with Crippen molar-refractivity contribution in [3.8, 4) is 11.5 Å². The van der Waals surface area contributed by atoms with E-state index >= 15 is 0 Å². The van der Waals surface area contributed by atoms with Gasteiger partial charge in [0.2, 0.25) is 0 Å². The molecule has 1 fully saturated rings. The minimum atomic E-state index is -0.465. The van der Waals surface area contributed by atoms with Crippen LogP contribution in [0.3, 0.4) is 0 Å². The number of hydrogen-bond acceptors (Lipinski definition) is 6. The molecule has 0 bridgehead atoms. The van der Waals surface area contributed by atoms with E-state index in [-0.39, 0.29) is 35.8 Å². The summed E-state index contributed by atoms with van der Waals surface area (Å²) >= 11 is 0. The summed E-state index contributed by atoms with van der Waals surface area (Å²) < 4.78 is 11.6. The predicted octanol–water partition coefficient (Wildman–Crippen LogP) is 3.82. The summed E-state index contributed by atoms with van der Waals surface area (Å²) in [6, 6.07) is 8.66. The van der Waals surface area contributed by atoms with Gasteiger partial charge in [-0.1, -0.05) is 0 Å². The van der Waals surface area contributed by atoms with E-state index in [4.69, 9.17) is 9.47 Å². The summed E-state index contributed by atoms with van der Waals surface area (Å²) in [5, 5.41) is 17.4.